The van der Waals surface area contributed by atoms with Crippen LogP contribution in [0.2, 0.25) is 0 Å². The summed E-state index contributed by atoms with van der Waals surface area (Å²) in [6, 6.07) is 13.4. The lowest BCUT2D eigenvalue weighted by Gasteiger charge is -2.24. The molecule has 1 unspecified atom stereocenters. The standard InChI is InChI=1S/C21H15F3N4O4S/c22-21(23,24)12-6-7-16-13(8-12)25-20(31)17(33-16)10-18(29)26-27-19(30)14-9-15(32-28-14)11-4-2-1-3-5-11/h1-9,17H,10H2,(H,25,31)(H,26,29)(H,27,30). The maximum atomic E-state index is 12.8. The van der Waals surface area contributed by atoms with Crippen LogP contribution < -0.4 is 16.2 Å². The van der Waals surface area contributed by atoms with Crippen molar-refractivity contribution < 1.29 is 32.1 Å². The topological polar surface area (TPSA) is 113 Å². The van der Waals surface area contributed by atoms with Crippen molar-refractivity contribution in [3.63, 3.8) is 0 Å². The number of carbonyl (C=O) groups excluding carboxylic acids is 3. The van der Waals surface area contributed by atoms with Gasteiger partial charge in [0.25, 0.3) is 5.91 Å². The maximum Gasteiger partial charge on any atom is 0.416 e. The first-order valence-corrected chi connectivity index (χ1v) is 10.4. The molecule has 170 valence electrons. The Hall–Kier alpha value is -3.80. The molecule has 0 fully saturated rings. The molecule has 1 aromatic heterocycles. The van der Waals surface area contributed by atoms with Gasteiger partial charge in [-0.05, 0) is 18.2 Å². The van der Waals surface area contributed by atoms with Crippen LogP contribution in [0.25, 0.3) is 11.3 Å². The van der Waals surface area contributed by atoms with Crippen LogP contribution in [-0.4, -0.2) is 28.1 Å². The lowest BCUT2D eigenvalue weighted by atomic mass is 10.1. The normalized spacial score (nSPS) is 15.4. The molecule has 0 saturated heterocycles. The van der Waals surface area contributed by atoms with E-state index in [-0.39, 0.29) is 17.8 Å². The van der Waals surface area contributed by atoms with Crippen molar-refractivity contribution in [2.45, 2.75) is 22.7 Å². The Bertz CT molecular complexity index is 1210. The van der Waals surface area contributed by atoms with Gasteiger partial charge >= 0.3 is 6.18 Å². The van der Waals surface area contributed by atoms with E-state index in [1.807, 2.05) is 6.07 Å². The summed E-state index contributed by atoms with van der Waals surface area (Å²) in [5, 5.41) is 5.16. The van der Waals surface area contributed by atoms with Gasteiger partial charge in [0, 0.05) is 22.9 Å². The molecule has 0 aliphatic carbocycles. The number of rotatable bonds is 4. The summed E-state index contributed by atoms with van der Waals surface area (Å²) in [7, 11) is 0. The first-order valence-electron chi connectivity index (χ1n) is 9.51. The van der Waals surface area contributed by atoms with Crippen LogP contribution in [0.15, 0.2) is 64.0 Å². The van der Waals surface area contributed by atoms with E-state index < -0.39 is 34.7 Å². The Morgan fingerprint density at radius 1 is 1.09 bits per heavy atom. The second-order valence-electron chi connectivity index (χ2n) is 6.95. The molecule has 12 heteroatoms. The van der Waals surface area contributed by atoms with Crippen LogP contribution >= 0.6 is 11.8 Å². The Morgan fingerprint density at radius 3 is 2.58 bits per heavy atom. The molecule has 1 aliphatic heterocycles. The van der Waals surface area contributed by atoms with Gasteiger partial charge in [-0.25, -0.2) is 0 Å². The van der Waals surface area contributed by atoms with Gasteiger partial charge in [-0.3, -0.25) is 25.2 Å². The second-order valence-corrected chi connectivity index (χ2v) is 8.20. The number of thioether (sulfide) groups is 1. The van der Waals surface area contributed by atoms with Gasteiger partial charge in [-0.1, -0.05) is 35.5 Å². The number of amides is 3. The maximum absolute atomic E-state index is 12.8. The third kappa shape index (κ3) is 5.17. The fourth-order valence-corrected chi connectivity index (χ4v) is 4.08. The van der Waals surface area contributed by atoms with Gasteiger partial charge < -0.3 is 9.84 Å². The van der Waals surface area contributed by atoms with Crippen molar-refractivity contribution in [2.75, 3.05) is 5.32 Å². The summed E-state index contributed by atoms with van der Waals surface area (Å²) < 4.78 is 43.7. The molecule has 4 rings (SSSR count). The zero-order valence-electron chi connectivity index (χ0n) is 16.6. The minimum absolute atomic E-state index is 0.0324. The number of hydrogen-bond donors (Lipinski definition) is 3. The predicted octanol–water partition coefficient (Wildman–Crippen LogP) is 3.62. The third-order valence-corrected chi connectivity index (χ3v) is 5.89. The van der Waals surface area contributed by atoms with Crippen molar-refractivity contribution >= 4 is 35.2 Å². The van der Waals surface area contributed by atoms with Crippen LogP contribution in [0.1, 0.15) is 22.5 Å². The van der Waals surface area contributed by atoms with Gasteiger partial charge in [0.1, 0.15) is 0 Å². The number of nitrogens with zero attached hydrogens (tertiary/aromatic N) is 1. The number of hydrazine groups is 1. The molecule has 1 atom stereocenters. The molecular formula is C21H15F3N4O4S. The van der Waals surface area contributed by atoms with Crippen molar-refractivity contribution in [3.05, 3.63) is 65.9 Å². The summed E-state index contributed by atoms with van der Waals surface area (Å²) in [4.78, 5) is 37.1. The minimum atomic E-state index is -4.54. The molecular weight excluding hydrogens is 461 g/mol. The molecule has 33 heavy (non-hydrogen) atoms. The van der Waals surface area contributed by atoms with E-state index in [0.717, 1.165) is 29.5 Å². The summed E-state index contributed by atoms with van der Waals surface area (Å²) in [5.74, 6) is -1.63. The Balaban J connectivity index is 1.32. The van der Waals surface area contributed by atoms with Crippen LogP contribution in [-0.2, 0) is 15.8 Å². The van der Waals surface area contributed by atoms with Crippen molar-refractivity contribution in [1.29, 1.82) is 0 Å². The SMILES string of the molecule is O=C(CC1Sc2ccc(C(F)(F)F)cc2NC1=O)NNC(=O)c1cc(-c2ccccc2)on1. The van der Waals surface area contributed by atoms with Crippen LogP contribution in [0, 0.1) is 0 Å². The summed E-state index contributed by atoms with van der Waals surface area (Å²) in [6.07, 6.45) is -4.85. The van der Waals surface area contributed by atoms with E-state index in [1.165, 1.54) is 12.1 Å². The van der Waals surface area contributed by atoms with E-state index in [1.54, 1.807) is 24.3 Å². The van der Waals surface area contributed by atoms with E-state index in [2.05, 4.69) is 21.3 Å². The van der Waals surface area contributed by atoms with E-state index in [4.69, 9.17) is 4.52 Å². The number of anilines is 1. The lowest BCUT2D eigenvalue weighted by Crippen LogP contribution is -2.44. The van der Waals surface area contributed by atoms with Gasteiger partial charge in [0.15, 0.2) is 11.5 Å². The first kappa shape index (κ1) is 22.4. The minimum Gasteiger partial charge on any atom is -0.355 e. The summed E-state index contributed by atoms with van der Waals surface area (Å²) in [5.41, 5.74) is 4.18. The fourth-order valence-electron chi connectivity index (χ4n) is 2.99. The molecule has 1 aliphatic rings. The van der Waals surface area contributed by atoms with E-state index in [9.17, 15) is 27.6 Å². The van der Waals surface area contributed by atoms with E-state index in [0.29, 0.717) is 10.7 Å². The van der Waals surface area contributed by atoms with Gasteiger partial charge in [-0.15, -0.1) is 11.8 Å². The highest BCUT2D eigenvalue weighted by Crippen LogP contribution is 2.40. The number of benzene rings is 2. The lowest BCUT2D eigenvalue weighted by molar-refractivity contribution is -0.137. The number of nitrogens with one attached hydrogen (secondary N) is 3. The van der Waals surface area contributed by atoms with Gasteiger partial charge in [-0.2, -0.15) is 13.2 Å². The summed E-state index contributed by atoms with van der Waals surface area (Å²) >= 11 is 0.964. The third-order valence-electron chi connectivity index (χ3n) is 4.61. The Labute approximate surface area is 188 Å². The van der Waals surface area contributed by atoms with Crippen LogP contribution in [0.4, 0.5) is 18.9 Å². The molecule has 0 bridgehead atoms. The van der Waals surface area contributed by atoms with Crippen LogP contribution in [0.5, 0.6) is 0 Å². The van der Waals surface area contributed by atoms with Gasteiger partial charge in [0.05, 0.1) is 16.5 Å². The van der Waals surface area contributed by atoms with Crippen molar-refractivity contribution in [2.24, 2.45) is 0 Å². The van der Waals surface area contributed by atoms with Gasteiger partial charge in [0.2, 0.25) is 11.8 Å². The fraction of sp³-hybridized carbons (Fsp3) is 0.143. The second kappa shape index (κ2) is 8.98. The molecule has 3 aromatic rings. The van der Waals surface area contributed by atoms with Crippen molar-refractivity contribution in [3.8, 4) is 11.3 Å². The highest BCUT2D eigenvalue weighted by molar-refractivity contribution is 8.01. The number of aromatic nitrogens is 1. The molecule has 3 amide bonds. The molecule has 0 saturated carbocycles. The number of fused-ring (bicyclic) bond motifs is 1. The van der Waals surface area contributed by atoms with E-state index >= 15 is 0 Å². The largest absolute Gasteiger partial charge is 0.416 e. The Morgan fingerprint density at radius 2 is 1.85 bits per heavy atom. The number of halogens is 3. The molecule has 8 nitrogen and oxygen atoms in total. The smallest absolute Gasteiger partial charge is 0.355 e. The average molecular weight is 476 g/mol. The number of carbonyl (C=O) groups is 3. The van der Waals surface area contributed by atoms with Crippen LogP contribution in [0.3, 0.4) is 0 Å². The highest BCUT2D eigenvalue weighted by Gasteiger charge is 2.34. The number of hydrogen-bond acceptors (Lipinski definition) is 6. The molecule has 2 aromatic carbocycles. The molecule has 3 N–H and O–H groups in total. The summed E-state index contributed by atoms with van der Waals surface area (Å²) in [6.45, 7) is 0. The average Bonchev–Trinajstić information content (AvgIpc) is 3.28. The molecule has 0 radical (unpaired) electrons. The first-order chi connectivity index (χ1) is 15.7. The molecule has 2 heterocycles. The highest BCUT2D eigenvalue weighted by atomic mass is 32.2. The zero-order chi connectivity index (χ0) is 23.6. The number of alkyl halides is 3. The predicted molar refractivity (Wildman–Crippen MR) is 112 cm³/mol. The monoisotopic (exact) mass is 476 g/mol. The van der Waals surface area contributed by atoms with Crippen molar-refractivity contribution in [1.82, 2.24) is 16.0 Å². The quantitative estimate of drug-likeness (QED) is 0.496. The molecule has 0 spiro atoms. The Kier molecular flexibility index (Phi) is 6.09. The zero-order valence-corrected chi connectivity index (χ0v) is 17.4.